The Morgan fingerprint density at radius 2 is 1.85 bits per heavy atom. The van der Waals surface area contributed by atoms with Crippen LogP contribution in [0.1, 0.15) is 35.4 Å². The van der Waals surface area contributed by atoms with E-state index in [4.69, 9.17) is 9.26 Å². The fourth-order valence-electron chi connectivity index (χ4n) is 2.69. The lowest BCUT2D eigenvalue weighted by molar-refractivity contribution is -0.123. The molecule has 7 nitrogen and oxygen atoms in total. The van der Waals surface area contributed by atoms with Gasteiger partial charge in [-0.3, -0.25) is 9.59 Å². The minimum absolute atomic E-state index is 0.0694. The third-order valence-corrected chi connectivity index (χ3v) is 4.55. The molecule has 0 aliphatic heterocycles. The zero-order chi connectivity index (χ0) is 19.2. The number of aromatic nitrogens is 1. The van der Waals surface area contributed by atoms with E-state index >= 15 is 0 Å². The highest BCUT2D eigenvalue weighted by atomic mass is 16.5. The minimum atomic E-state index is -0.0694. The molecule has 7 heteroatoms. The lowest BCUT2D eigenvalue weighted by Crippen LogP contribution is -2.35. The molecule has 1 saturated carbocycles. The summed E-state index contributed by atoms with van der Waals surface area (Å²) in [5, 5.41) is 9.54. The first kappa shape index (κ1) is 18.9. The first-order valence-electron chi connectivity index (χ1n) is 9.21. The standard InChI is InChI=1S/C20H25N3O4/c1-13-18(14(2)27-23-13)12-26-17-7-3-15(4-8-17)11-19(24)21-9-10-22-20(25)16-5-6-16/h3-4,7-8,16H,5-6,9-12H2,1-2H3,(H,21,24)(H,22,25). The van der Waals surface area contributed by atoms with Crippen molar-refractivity contribution in [3.63, 3.8) is 0 Å². The van der Waals surface area contributed by atoms with E-state index in [1.807, 2.05) is 38.1 Å². The molecule has 1 aromatic heterocycles. The predicted octanol–water partition coefficient (Wildman–Crippen LogP) is 2.06. The van der Waals surface area contributed by atoms with E-state index in [-0.39, 0.29) is 17.7 Å². The van der Waals surface area contributed by atoms with Crippen LogP contribution in [0, 0.1) is 19.8 Å². The normalized spacial score (nSPS) is 13.3. The van der Waals surface area contributed by atoms with E-state index in [0.717, 1.165) is 41.2 Å². The molecule has 1 aromatic carbocycles. The number of nitrogens with zero attached hydrogens (tertiary/aromatic N) is 1. The average molecular weight is 371 g/mol. The fourth-order valence-corrected chi connectivity index (χ4v) is 2.69. The maximum absolute atomic E-state index is 12.0. The predicted molar refractivity (Wildman–Crippen MR) is 99.2 cm³/mol. The number of amides is 2. The molecule has 2 amide bonds. The quantitative estimate of drug-likeness (QED) is 0.658. The Balaban J connectivity index is 1.37. The van der Waals surface area contributed by atoms with Crippen molar-refractivity contribution in [2.75, 3.05) is 13.1 Å². The number of benzene rings is 1. The molecule has 2 aromatic rings. The number of aryl methyl sites for hydroxylation is 2. The van der Waals surface area contributed by atoms with Crippen molar-refractivity contribution in [2.24, 2.45) is 5.92 Å². The van der Waals surface area contributed by atoms with Crippen LogP contribution in [-0.4, -0.2) is 30.1 Å². The molecule has 1 fully saturated rings. The topological polar surface area (TPSA) is 93.5 Å². The van der Waals surface area contributed by atoms with Crippen LogP contribution < -0.4 is 15.4 Å². The maximum Gasteiger partial charge on any atom is 0.224 e. The van der Waals surface area contributed by atoms with Gasteiger partial charge in [-0.25, -0.2) is 0 Å². The van der Waals surface area contributed by atoms with Crippen LogP contribution in [0.3, 0.4) is 0 Å². The average Bonchev–Trinajstić information content (AvgIpc) is 3.45. The zero-order valence-corrected chi connectivity index (χ0v) is 15.7. The number of nitrogens with one attached hydrogen (secondary N) is 2. The number of hydrogen-bond acceptors (Lipinski definition) is 5. The first-order chi connectivity index (χ1) is 13.0. The van der Waals surface area contributed by atoms with Gasteiger partial charge >= 0.3 is 0 Å². The van der Waals surface area contributed by atoms with Crippen molar-refractivity contribution >= 4 is 11.8 Å². The molecule has 0 atom stereocenters. The smallest absolute Gasteiger partial charge is 0.224 e. The summed E-state index contributed by atoms with van der Waals surface area (Å²) >= 11 is 0. The summed E-state index contributed by atoms with van der Waals surface area (Å²) in [5.74, 6) is 1.70. The van der Waals surface area contributed by atoms with Gasteiger partial charge in [0.15, 0.2) is 0 Å². The Hall–Kier alpha value is -2.83. The Labute approximate surface area is 158 Å². The van der Waals surface area contributed by atoms with Gasteiger partial charge < -0.3 is 19.9 Å². The summed E-state index contributed by atoms with van der Waals surface area (Å²) in [6, 6.07) is 7.43. The molecule has 1 aliphatic rings. The molecule has 0 unspecified atom stereocenters. The van der Waals surface area contributed by atoms with E-state index < -0.39 is 0 Å². The van der Waals surface area contributed by atoms with E-state index in [1.54, 1.807) is 0 Å². The van der Waals surface area contributed by atoms with Crippen LogP contribution in [0.15, 0.2) is 28.8 Å². The van der Waals surface area contributed by atoms with Crippen LogP contribution in [0.5, 0.6) is 5.75 Å². The van der Waals surface area contributed by atoms with Gasteiger partial charge in [-0.2, -0.15) is 0 Å². The van der Waals surface area contributed by atoms with Crippen molar-refractivity contribution in [1.29, 1.82) is 0 Å². The van der Waals surface area contributed by atoms with E-state index in [0.29, 0.717) is 26.1 Å². The number of ether oxygens (including phenoxy) is 1. The van der Waals surface area contributed by atoms with E-state index in [1.165, 1.54) is 0 Å². The van der Waals surface area contributed by atoms with Crippen LogP contribution in [0.25, 0.3) is 0 Å². The molecule has 1 heterocycles. The lowest BCUT2D eigenvalue weighted by Gasteiger charge is -2.08. The van der Waals surface area contributed by atoms with Gasteiger partial charge in [-0.15, -0.1) is 0 Å². The van der Waals surface area contributed by atoms with Crippen LogP contribution in [-0.2, 0) is 22.6 Å². The molecule has 0 saturated heterocycles. The largest absolute Gasteiger partial charge is 0.489 e. The Kier molecular flexibility index (Phi) is 6.11. The van der Waals surface area contributed by atoms with Crippen molar-refractivity contribution in [1.82, 2.24) is 15.8 Å². The lowest BCUT2D eigenvalue weighted by atomic mass is 10.1. The number of carbonyl (C=O) groups is 2. The van der Waals surface area contributed by atoms with Gasteiger partial charge in [-0.05, 0) is 44.4 Å². The highest BCUT2D eigenvalue weighted by Gasteiger charge is 2.28. The van der Waals surface area contributed by atoms with Crippen LogP contribution in [0.4, 0.5) is 0 Å². The molecule has 1 aliphatic carbocycles. The van der Waals surface area contributed by atoms with Crippen LogP contribution in [0.2, 0.25) is 0 Å². The number of carbonyl (C=O) groups excluding carboxylic acids is 2. The molecular weight excluding hydrogens is 346 g/mol. The number of hydrogen-bond donors (Lipinski definition) is 2. The summed E-state index contributed by atoms with van der Waals surface area (Å²) in [5.41, 5.74) is 2.68. The van der Waals surface area contributed by atoms with E-state index in [2.05, 4.69) is 15.8 Å². The van der Waals surface area contributed by atoms with E-state index in [9.17, 15) is 9.59 Å². The molecule has 0 bridgehead atoms. The van der Waals surface area contributed by atoms with Crippen LogP contribution >= 0.6 is 0 Å². The first-order valence-corrected chi connectivity index (χ1v) is 9.21. The van der Waals surface area contributed by atoms with Crippen molar-refractivity contribution in [2.45, 2.75) is 39.7 Å². The summed E-state index contributed by atoms with van der Waals surface area (Å²) in [4.78, 5) is 23.5. The Morgan fingerprint density at radius 1 is 1.15 bits per heavy atom. The molecular formula is C20H25N3O4. The van der Waals surface area contributed by atoms with Gasteiger partial charge in [0.25, 0.3) is 0 Å². The third kappa shape index (κ3) is 5.57. The highest BCUT2D eigenvalue weighted by molar-refractivity contribution is 5.81. The minimum Gasteiger partial charge on any atom is -0.489 e. The molecule has 0 spiro atoms. The SMILES string of the molecule is Cc1noc(C)c1COc1ccc(CC(=O)NCCNC(=O)C2CC2)cc1. The number of rotatable bonds is 9. The molecule has 144 valence electrons. The van der Waals surface area contributed by atoms with Gasteiger partial charge in [0.1, 0.15) is 18.1 Å². The van der Waals surface area contributed by atoms with Gasteiger partial charge in [0, 0.05) is 19.0 Å². The second-order valence-electron chi connectivity index (χ2n) is 6.83. The summed E-state index contributed by atoms with van der Waals surface area (Å²) in [7, 11) is 0. The molecule has 0 radical (unpaired) electrons. The second kappa shape index (κ2) is 8.70. The van der Waals surface area contributed by atoms with Gasteiger partial charge in [0.2, 0.25) is 11.8 Å². The highest BCUT2D eigenvalue weighted by Crippen LogP contribution is 2.28. The van der Waals surface area contributed by atoms with Crippen molar-refractivity contribution < 1.29 is 18.8 Å². The summed E-state index contributed by atoms with van der Waals surface area (Å²) in [6.07, 6.45) is 2.26. The molecule has 27 heavy (non-hydrogen) atoms. The van der Waals surface area contributed by atoms with Crippen molar-refractivity contribution in [3.05, 3.63) is 46.8 Å². The monoisotopic (exact) mass is 371 g/mol. The maximum atomic E-state index is 12.0. The Bertz CT molecular complexity index is 775. The molecule has 3 rings (SSSR count). The van der Waals surface area contributed by atoms with Crippen molar-refractivity contribution in [3.8, 4) is 5.75 Å². The zero-order valence-electron chi connectivity index (χ0n) is 15.7. The van der Waals surface area contributed by atoms with Gasteiger partial charge in [-0.1, -0.05) is 17.3 Å². The third-order valence-electron chi connectivity index (χ3n) is 4.55. The summed E-state index contributed by atoms with van der Waals surface area (Å²) < 4.78 is 10.9. The Morgan fingerprint density at radius 3 is 2.48 bits per heavy atom. The fraction of sp³-hybridized carbons (Fsp3) is 0.450. The molecule has 2 N–H and O–H groups in total. The van der Waals surface area contributed by atoms with Gasteiger partial charge in [0.05, 0.1) is 17.7 Å². The summed E-state index contributed by atoms with van der Waals surface area (Å²) in [6.45, 7) is 5.05. The second-order valence-corrected chi connectivity index (χ2v) is 6.83.